The SMILES string of the molecule is CNC(=O)CCNC(=O)N1CCC[C@H](C(=O)O)C1. The van der Waals surface area contributed by atoms with Crippen molar-refractivity contribution in [3.8, 4) is 0 Å². The van der Waals surface area contributed by atoms with Crippen molar-refractivity contribution in [1.29, 1.82) is 0 Å². The Morgan fingerprint density at radius 3 is 2.72 bits per heavy atom. The number of likely N-dealkylation sites (tertiary alicyclic amines) is 1. The number of carboxylic acid groups (broad SMARTS) is 1. The van der Waals surface area contributed by atoms with Crippen LogP contribution < -0.4 is 10.6 Å². The molecule has 7 nitrogen and oxygen atoms in total. The molecule has 0 bridgehead atoms. The molecule has 102 valence electrons. The normalized spacial score (nSPS) is 19.2. The monoisotopic (exact) mass is 257 g/mol. The van der Waals surface area contributed by atoms with Crippen LogP contribution in [0.25, 0.3) is 0 Å². The van der Waals surface area contributed by atoms with Gasteiger partial charge in [-0.15, -0.1) is 0 Å². The Labute approximate surface area is 106 Å². The zero-order valence-electron chi connectivity index (χ0n) is 10.4. The van der Waals surface area contributed by atoms with Crippen molar-refractivity contribution in [2.24, 2.45) is 5.92 Å². The van der Waals surface area contributed by atoms with Gasteiger partial charge >= 0.3 is 12.0 Å². The maximum atomic E-state index is 11.7. The number of carbonyl (C=O) groups is 3. The van der Waals surface area contributed by atoms with Crippen molar-refractivity contribution in [2.45, 2.75) is 19.3 Å². The van der Waals surface area contributed by atoms with Crippen LogP contribution in [-0.4, -0.2) is 54.6 Å². The van der Waals surface area contributed by atoms with Crippen molar-refractivity contribution in [3.63, 3.8) is 0 Å². The number of aliphatic carboxylic acids is 1. The van der Waals surface area contributed by atoms with Gasteiger partial charge in [-0.25, -0.2) is 4.79 Å². The molecule has 0 radical (unpaired) electrons. The van der Waals surface area contributed by atoms with Crippen LogP contribution in [0.2, 0.25) is 0 Å². The van der Waals surface area contributed by atoms with E-state index in [0.717, 1.165) is 0 Å². The largest absolute Gasteiger partial charge is 0.481 e. The van der Waals surface area contributed by atoms with Crippen molar-refractivity contribution in [2.75, 3.05) is 26.7 Å². The lowest BCUT2D eigenvalue weighted by atomic mass is 9.99. The highest BCUT2D eigenvalue weighted by Gasteiger charge is 2.27. The van der Waals surface area contributed by atoms with Gasteiger partial charge in [-0.3, -0.25) is 9.59 Å². The fourth-order valence-corrected chi connectivity index (χ4v) is 1.88. The molecule has 0 aliphatic carbocycles. The lowest BCUT2D eigenvalue weighted by molar-refractivity contribution is -0.143. The number of carboxylic acids is 1. The van der Waals surface area contributed by atoms with E-state index in [2.05, 4.69) is 10.6 Å². The van der Waals surface area contributed by atoms with E-state index in [9.17, 15) is 14.4 Å². The van der Waals surface area contributed by atoms with E-state index in [1.807, 2.05) is 0 Å². The molecule has 1 aliphatic heterocycles. The summed E-state index contributed by atoms with van der Waals surface area (Å²) in [6.45, 7) is 1.06. The quantitative estimate of drug-likeness (QED) is 0.640. The van der Waals surface area contributed by atoms with Crippen LogP contribution in [0.3, 0.4) is 0 Å². The standard InChI is InChI=1S/C11H19N3O4/c1-12-9(15)4-5-13-11(18)14-6-2-3-8(7-14)10(16)17/h8H,2-7H2,1H3,(H,12,15)(H,13,18)(H,16,17)/t8-/m0/s1. The van der Waals surface area contributed by atoms with Gasteiger partial charge in [0.1, 0.15) is 0 Å². The number of nitrogens with one attached hydrogen (secondary N) is 2. The molecule has 1 atom stereocenters. The molecule has 0 spiro atoms. The Morgan fingerprint density at radius 2 is 2.11 bits per heavy atom. The molecule has 3 amide bonds. The van der Waals surface area contributed by atoms with E-state index in [1.165, 1.54) is 11.9 Å². The Hall–Kier alpha value is -1.79. The summed E-state index contributed by atoms with van der Waals surface area (Å²) < 4.78 is 0. The Balaban J connectivity index is 2.32. The highest BCUT2D eigenvalue weighted by molar-refractivity contribution is 5.78. The van der Waals surface area contributed by atoms with Gasteiger partial charge in [0, 0.05) is 33.1 Å². The molecule has 1 saturated heterocycles. The van der Waals surface area contributed by atoms with Crippen LogP contribution in [-0.2, 0) is 9.59 Å². The van der Waals surface area contributed by atoms with Gasteiger partial charge in [0.25, 0.3) is 0 Å². The molecule has 3 N–H and O–H groups in total. The first-order valence-corrected chi connectivity index (χ1v) is 6.00. The van der Waals surface area contributed by atoms with Crippen LogP contribution in [0.5, 0.6) is 0 Å². The number of nitrogens with zero attached hydrogens (tertiary/aromatic N) is 1. The van der Waals surface area contributed by atoms with E-state index >= 15 is 0 Å². The fraction of sp³-hybridized carbons (Fsp3) is 0.727. The predicted molar refractivity (Wildman–Crippen MR) is 64.0 cm³/mol. The second kappa shape index (κ2) is 6.83. The summed E-state index contributed by atoms with van der Waals surface area (Å²) in [5.74, 6) is -1.49. The number of urea groups is 1. The third kappa shape index (κ3) is 4.23. The Bertz CT molecular complexity index is 332. The molecule has 1 rings (SSSR count). The first-order chi connectivity index (χ1) is 8.54. The highest BCUT2D eigenvalue weighted by Crippen LogP contribution is 2.16. The molecule has 7 heteroatoms. The topological polar surface area (TPSA) is 98.7 Å². The van der Waals surface area contributed by atoms with Crippen LogP contribution in [0.15, 0.2) is 0 Å². The number of hydrogen-bond acceptors (Lipinski definition) is 3. The lowest BCUT2D eigenvalue weighted by Gasteiger charge is -2.30. The summed E-state index contributed by atoms with van der Waals surface area (Å²) in [5.41, 5.74) is 0. The molecule has 0 aromatic heterocycles. The Kier molecular flexibility index (Phi) is 5.41. The maximum absolute atomic E-state index is 11.7. The number of rotatable bonds is 4. The van der Waals surface area contributed by atoms with Crippen LogP contribution in [0.1, 0.15) is 19.3 Å². The van der Waals surface area contributed by atoms with Gasteiger partial charge in [-0.1, -0.05) is 0 Å². The van der Waals surface area contributed by atoms with Gasteiger partial charge in [-0.2, -0.15) is 0 Å². The minimum absolute atomic E-state index is 0.141. The van der Waals surface area contributed by atoms with Crippen LogP contribution in [0, 0.1) is 5.92 Å². The molecule has 0 unspecified atom stereocenters. The molecule has 0 aromatic carbocycles. The zero-order valence-corrected chi connectivity index (χ0v) is 10.4. The smallest absolute Gasteiger partial charge is 0.317 e. The number of hydrogen-bond donors (Lipinski definition) is 3. The predicted octanol–water partition coefficient (Wildman–Crippen LogP) is -0.371. The second-order valence-electron chi connectivity index (χ2n) is 4.28. The van der Waals surface area contributed by atoms with Gasteiger partial charge in [-0.05, 0) is 12.8 Å². The summed E-state index contributed by atoms with van der Waals surface area (Å²) in [6, 6.07) is -0.301. The molecule has 1 heterocycles. The lowest BCUT2D eigenvalue weighted by Crippen LogP contribution is -2.47. The van der Waals surface area contributed by atoms with Crippen LogP contribution in [0.4, 0.5) is 4.79 Å². The first kappa shape index (κ1) is 14.3. The number of piperidine rings is 1. The third-order valence-corrected chi connectivity index (χ3v) is 2.96. The molecule has 1 fully saturated rings. The van der Waals surface area contributed by atoms with E-state index in [0.29, 0.717) is 19.4 Å². The van der Waals surface area contributed by atoms with Crippen LogP contribution >= 0.6 is 0 Å². The van der Waals surface area contributed by atoms with Crippen molar-refractivity contribution in [3.05, 3.63) is 0 Å². The average Bonchev–Trinajstić information content (AvgIpc) is 2.38. The summed E-state index contributed by atoms with van der Waals surface area (Å²) in [4.78, 5) is 35.0. The summed E-state index contributed by atoms with van der Waals surface area (Å²) >= 11 is 0. The van der Waals surface area contributed by atoms with E-state index in [-0.39, 0.29) is 31.4 Å². The molecule has 1 aliphatic rings. The van der Waals surface area contributed by atoms with Gasteiger partial charge < -0.3 is 20.6 Å². The minimum atomic E-state index is -0.863. The summed E-state index contributed by atoms with van der Waals surface area (Å²) in [5, 5.41) is 14.0. The van der Waals surface area contributed by atoms with Crippen molar-refractivity contribution in [1.82, 2.24) is 15.5 Å². The molecule has 18 heavy (non-hydrogen) atoms. The van der Waals surface area contributed by atoms with Gasteiger partial charge in [0.05, 0.1) is 5.92 Å². The van der Waals surface area contributed by atoms with E-state index < -0.39 is 11.9 Å². The van der Waals surface area contributed by atoms with Gasteiger partial charge in [0.2, 0.25) is 5.91 Å². The van der Waals surface area contributed by atoms with Crippen molar-refractivity contribution < 1.29 is 19.5 Å². The number of carbonyl (C=O) groups excluding carboxylic acids is 2. The second-order valence-corrected chi connectivity index (χ2v) is 4.28. The Morgan fingerprint density at radius 1 is 1.39 bits per heavy atom. The maximum Gasteiger partial charge on any atom is 0.317 e. The van der Waals surface area contributed by atoms with Crippen molar-refractivity contribution >= 4 is 17.9 Å². The molecular formula is C11H19N3O4. The van der Waals surface area contributed by atoms with E-state index in [4.69, 9.17) is 5.11 Å². The summed E-state index contributed by atoms with van der Waals surface area (Å²) in [6.07, 6.45) is 1.52. The zero-order chi connectivity index (χ0) is 13.5. The highest BCUT2D eigenvalue weighted by atomic mass is 16.4. The molecule has 0 aromatic rings. The summed E-state index contributed by atoms with van der Waals surface area (Å²) in [7, 11) is 1.53. The first-order valence-electron chi connectivity index (χ1n) is 6.00. The molecule has 0 saturated carbocycles. The fourth-order valence-electron chi connectivity index (χ4n) is 1.88. The average molecular weight is 257 g/mol. The minimum Gasteiger partial charge on any atom is -0.481 e. The molecular weight excluding hydrogens is 238 g/mol. The van der Waals surface area contributed by atoms with Gasteiger partial charge in [0.15, 0.2) is 0 Å². The van der Waals surface area contributed by atoms with E-state index in [1.54, 1.807) is 0 Å². The third-order valence-electron chi connectivity index (χ3n) is 2.96. The number of amides is 3.